The Kier molecular flexibility index (Phi) is 5.08. The van der Waals surface area contributed by atoms with Gasteiger partial charge in [-0.3, -0.25) is 9.69 Å². The van der Waals surface area contributed by atoms with Gasteiger partial charge in [0.15, 0.2) is 11.5 Å². The summed E-state index contributed by atoms with van der Waals surface area (Å²) in [6.07, 6.45) is 6.52. The van der Waals surface area contributed by atoms with Crippen LogP contribution < -0.4 is 4.74 Å². The molecule has 31 heavy (non-hydrogen) atoms. The number of esters is 1. The molecule has 1 aromatic rings. The van der Waals surface area contributed by atoms with Crippen LogP contribution in [0.1, 0.15) is 63.1 Å². The average molecular weight is 426 g/mol. The summed E-state index contributed by atoms with van der Waals surface area (Å²) in [7, 11) is 1.58. The number of hydrogen-bond donors (Lipinski definition) is 1. The molecule has 0 unspecified atom stereocenters. The molecule has 1 aromatic carbocycles. The number of nitrogens with zero attached hydrogens (tertiary/aromatic N) is 1. The highest BCUT2D eigenvalue weighted by Gasteiger charge is 2.55. The second kappa shape index (κ2) is 7.54. The molecule has 0 bridgehead atoms. The first-order valence-electron chi connectivity index (χ1n) is 11.8. The fraction of sp³-hybridized carbons (Fsp3) is 0.654. The quantitative estimate of drug-likeness (QED) is 0.565. The monoisotopic (exact) mass is 425 g/mol. The van der Waals surface area contributed by atoms with E-state index in [-0.39, 0.29) is 35.2 Å². The molecule has 1 saturated heterocycles. The Bertz CT molecular complexity index is 911. The van der Waals surface area contributed by atoms with Gasteiger partial charge in [-0.1, -0.05) is 19.1 Å². The van der Waals surface area contributed by atoms with Gasteiger partial charge in [-0.25, -0.2) is 0 Å². The Hall–Kier alpha value is -2.01. The van der Waals surface area contributed by atoms with E-state index in [0.29, 0.717) is 17.6 Å². The fourth-order valence-electron chi connectivity index (χ4n) is 7.02. The van der Waals surface area contributed by atoms with Crippen molar-refractivity contribution in [3.8, 4) is 11.5 Å². The second-order valence-electron chi connectivity index (χ2n) is 10.5. The van der Waals surface area contributed by atoms with Crippen LogP contribution in [-0.2, 0) is 16.0 Å². The Morgan fingerprint density at radius 3 is 2.94 bits per heavy atom. The number of hydrogen-bond acceptors (Lipinski definition) is 5. The zero-order chi connectivity index (χ0) is 21.9. The lowest BCUT2D eigenvalue weighted by Gasteiger charge is -2.50. The molecule has 5 rings (SSSR count). The molecule has 0 amide bonds. The molecule has 1 N–H and O–H groups in total. The van der Waals surface area contributed by atoms with Gasteiger partial charge in [-0.15, -0.1) is 0 Å². The van der Waals surface area contributed by atoms with Crippen LogP contribution in [0.25, 0.3) is 0 Å². The number of fused-ring (bicyclic) bond motifs is 3. The normalized spacial score (nSPS) is 37.6. The van der Waals surface area contributed by atoms with Crippen LogP contribution in [0, 0.1) is 23.2 Å². The number of carbonyl (C=O) groups is 1. The largest absolute Gasteiger partial charge is 0.504 e. The first kappa shape index (κ1) is 20.9. The van der Waals surface area contributed by atoms with Gasteiger partial charge in [0.1, 0.15) is 6.10 Å². The van der Waals surface area contributed by atoms with Gasteiger partial charge in [0.2, 0.25) is 0 Å². The zero-order valence-corrected chi connectivity index (χ0v) is 19.0. The van der Waals surface area contributed by atoms with E-state index in [1.54, 1.807) is 7.11 Å². The minimum absolute atomic E-state index is 0.0101. The maximum atomic E-state index is 13.0. The van der Waals surface area contributed by atoms with Crippen molar-refractivity contribution in [3.05, 3.63) is 35.4 Å². The van der Waals surface area contributed by atoms with E-state index in [2.05, 4.69) is 25.3 Å². The molecule has 2 saturated carbocycles. The Labute approximate surface area is 185 Å². The number of ether oxygens (including phenoxy) is 2. The molecule has 0 aromatic heterocycles. The summed E-state index contributed by atoms with van der Waals surface area (Å²) < 4.78 is 11.3. The van der Waals surface area contributed by atoms with E-state index >= 15 is 0 Å². The third kappa shape index (κ3) is 3.36. The summed E-state index contributed by atoms with van der Waals surface area (Å²) in [5.74, 6) is 1.45. The van der Waals surface area contributed by atoms with Crippen molar-refractivity contribution in [2.24, 2.45) is 23.2 Å². The molecule has 0 radical (unpaired) electrons. The molecule has 168 valence electrons. The van der Waals surface area contributed by atoms with Crippen molar-refractivity contribution in [1.82, 2.24) is 4.90 Å². The van der Waals surface area contributed by atoms with Gasteiger partial charge in [-0.2, -0.15) is 0 Å². The van der Waals surface area contributed by atoms with Crippen LogP contribution in [0.4, 0.5) is 0 Å². The highest BCUT2D eigenvalue weighted by Crippen LogP contribution is 2.57. The molecule has 5 nitrogen and oxygen atoms in total. The predicted molar refractivity (Wildman–Crippen MR) is 119 cm³/mol. The highest BCUT2D eigenvalue weighted by molar-refractivity contribution is 5.75. The van der Waals surface area contributed by atoms with Crippen LogP contribution in [-0.4, -0.2) is 42.3 Å². The number of rotatable bonds is 3. The summed E-state index contributed by atoms with van der Waals surface area (Å²) >= 11 is 0. The molecule has 2 heterocycles. The number of carbonyl (C=O) groups excluding carboxylic acids is 1. The minimum Gasteiger partial charge on any atom is -0.504 e. The molecule has 0 spiro atoms. The molecule has 4 aliphatic rings. The molecule has 3 fully saturated rings. The van der Waals surface area contributed by atoms with Crippen LogP contribution in [0.5, 0.6) is 11.5 Å². The van der Waals surface area contributed by atoms with Gasteiger partial charge >= 0.3 is 5.97 Å². The topological polar surface area (TPSA) is 59.0 Å². The van der Waals surface area contributed by atoms with E-state index in [1.807, 2.05) is 12.1 Å². The van der Waals surface area contributed by atoms with E-state index in [4.69, 9.17) is 9.47 Å². The molecule has 2 aliphatic heterocycles. The third-order valence-corrected chi connectivity index (χ3v) is 8.86. The number of benzene rings is 1. The Morgan fingerprint density at radius 1 is 1.35 bits per heavy atom. The van der Waals surface area contributed by atoms with Crippen molar-refractivity contribution in [2.75, 3.05) is 20.2 Å². The summed E-state index contributed by atoms with van der Waals surface area (Å²) in [5, 5.41) is 10.1. The van der Waals surface area contributed by atoms with Crippen molar-refractivity contribution < 1.29 is 19.4 Å². The van der Waals surface area contributed by atoms with Crippen LogP contribution in [0.3, 0.4) is 0 Å². The standard InChI is InChI=1S/C26H35NO4/c1-15-6-5-8-26(3)13-24-19(11-21(15)26)20(25(29)31-24)14-27-9-7-17-10-22(28)23(30-4)12-18(17)16(27)2/h10,12,16,19-21,24,28H,1,5-9,11,13-14H2,2-4H3/t16-,19-,20-,21+,24-,26-/m1/s1. The van der Waals surface area contributed by atoms with Gasteiger partial charge in [0, 0.05) is 25.0 Å². The maximum absolute atomic E-state index is 13.0. The molecule has 5 heteroatoms. The van der Waals surface area contributed by atoms with E-state index < -0.39 is 0 Å². The summed E-state index contributed by atoms with van der Waals surface area (Å²) in [6.45, 7) is 10.6. The van der Waals surface area contributed by atoms with Gasteiger partial charge in [0.05, 0.1) is 13.0 Å². The van der Waals surface area contributed by atoms with Crippen molar-refractivity contribution in [1.29, 1.82) is 0 Å². The zero-order valence-electron chi connectivity index (χ0n) is 19.0. The van der Waals surface area contributed by atoms with Gasteiger partial charge in [-0.05, 0) is 80.0 Å². The molecule has 2 aliphatic carbocycles. The smallest absolute Gasteiger partial charge is 0.310 e. The molecular weight excluding hydrogens is 390 g/mol. The van der Waals surface area contributed by atoms with Crippen molar-refractivity contribution in [3.63, 3.8) is 0 Å². The number of phenolic OH excluding ortho intramolecular Hbond substituents is 1. The molecule has 6 atom stereocenters. The summed E-state index contributed by atoms with van der Waals surface area (Å²) in [5.41, 5.74) is 3.97. The number of allylic oxidation sites excluding steroid dienone is 1. The first-order chi connectivity index (χ1) is 14.8. The SMILES string of the molecule is C=C1CCC[C@]2(C)C[C@H]3OC(=O)[C@H](CN4CCc5cc(O)c(OC)cc5[C@H]4C)[C@H]3C[C@@H]12. The maximum Gasteiger partial charge on any atom is 0.310 e. The van der Waals surface area contributed by atoms with E-state index in [0.717, 1.165) is 38.8 Å². The van der Waals surface area contributed by atoms with Crippen LogP contribution >= 0.6 is 0 Å². The van der Waals surface area contributed by atoms with Gasteiger partial charge < -0.3 is 14.6 Å². The fourth-order valence-corrected chi connectivity index (χ4v) is 7.02. The summed E-state index contributed by atoms with van der Waals surface area (Å²) in [6, 6.07) is 3.96. The summed E-state index contributed by atoms with van der Waals surface area (Å²) in [4.78, 5) is 15.4. The Balaban J connectivity index is 1.36. The van der Waals surface area contributed by atoms with Gasteiger partial charge in [0.25, 0.3) is 0 Å². The lowest BCUT2D eigenvalue weighted by molar-refractivity contribution is -0.146. The van der Waals surface area contributed by atoms with E-state index in [9.17, 15) is 9.90 Å². The average Bonchev–Trinajstić information content (AvgIpc) is 3.02. The van der Waals surface area contributed by atoms with Crippen LogP contribution in [0.15, 0.2) is 24.3 Å². The first-order valence-corrected chi connectivity index (χ1v) is 11.8. The number of phenols is 1. The predicted octanol–water partition coefficient (Wildman–Crippen LogP) is 4.63. The lowest BCUT2D eigenvalue weighted by atomic mass is 9.55. The molecular formula is C26H35NO4. The van der Waals surface area contributed by atoms with Crippen molar-refractivity contribution >= 4 is 5.97 Å². The minimum atomic E-state index is -0.0627. The van der Waals surface area contributed by atoms with Crippen molar-refractivity contribution in [2.45, 2.75) is 64.5 Å². The second-order valence-corrected chi connectivity index (χ2v) is 10.5. The number of aromatic hydroxyl groups is 1. The van der Waals surface area contributed by atoms with Crippen LogP contribution in [0.2, 0.25) is 0 Å². The highest BCUT2D eigenvalue weighted by atomic mass is 16.6. The lowest BCUT2D eigenvalue weighted by Crippen LogP contribution is -2.46. The van der Waals surface area contributed by atoms with E-state index in [1.165, 1.54) is 29.5 Å². The number of methoxy groups -OCH3 is 1. The Morgan fingerprint density at radius 2 is 2.16 bits per heavy atom. The third-order valence-electron chi connectivity index (χ3n) is 8.86.